The molecule has 1 aromatic carbocycles. The molecule has 0 heterocycles. The van der Waals surface area contributed by atoms with Gasteiger partial charge in [0.2, 0.25) is 0 Å². The van der Waals surface area contributed by atoms with Gasteiger partial charge in [-0.25, -0.2) is 0 Å². The molecule has 4 nitrogen and oxygen atoms in total. The summed E-state index contributed by atoms with van der Waals surface area (Å²) in [6.45, 7) is -0.0398. The third-order valence-corrected chi connectivity index (χ3v) is 2.76. The molecule has 1 aromatic rings. The lowest BCUT2D eigenvalue weighted by Gasteiger charge is -2.08. The maximum absolute atomic E-state index is 12.3. The number of thioether (sulfide) groups is 1. The number of carbonyl (C=O) groups excluding carboxylic acids is 1. The second-order valence-corrected chi connectivity index (χ2v) is 4.31. The Balaban J connectivity index is 2.69. The molecule has 0 spiro atoms. The zero-order valence-corrected chi connectivity index (χ0v) is 10.0. The Bertz CT molecular complexity index is 440. The van der Waals surface area contributed by atoms with Crippen molar-refractivity contribution in [2.45, 2.75) is 17.1 Å². The summed E-state index contributed by atoms with van der Waals surface area (Å²) in [5, 5.41) is 10.8. The van der Waals surface area contributed by atoms with Gasteiger partial charge in [-0.2, -0.15) is 8.78 Å². The lowest BCUT2D eigenvalue weighted by atomic mass is 10.2. The van der Waals surface area contributed by atoms with E-state index in [0.717, 1.165) is 0 Å². The third-order valence-electron chi connectivity index (χ3n) is 1.97. The summed E-state index contributed by atoms with van der Waals surface area (Å²) < 4.78 is 24.6. The smallest absolute Gasteiger partial charge is 0.305 e. The molecule has 0 saturated carbocycles. The van der Waals surface area contributed by atoms with Gasteiger partial charge in [-0.3, -0.25) is 9.59 Å². The molecule has 0 bridgehead atoms. The highest BCUT2D eigenvalue weighted by Crippen LogP contribution is 2.28. The van der Waals surface area contributed by atoms with E-state index in [0.29, 0.717) is 0 Å². The van der Waals surface area contributed by atoms with Gasteiger partial charge in [0.25, 0.3) is 11.7 Å². The molecule has 0 aliphatic carbocycles. The minimum absolute atomic E-state index is 0.0398. The minimum Gasteiger partial charge on any atom is -0.481 e. The van der Waals surface area contributed by atoms with E-state index in [9.17, 15) is 18.4 Å². The van der Waals surface area contributed by atoms with E-state index in [1.807, 2.05) is 0 Å². The van der Waals surface area contributed by atoms with Crippen LogP contribution in [0.25, 0.3) is 0 Å². The Labute approximate surface area is 106 Å². The van der Waals surface area contributed by atoms with Gasteiger partial charge in [-0.1, -0.05) is 23.9 Å². The molecular formula is C11H11F2NO3S. The number of halogens is 2. The molecule has 98 valence electrons. The van der Waals surface area contributed by atoms with Crippen molar-refractivity contribution in [2.75, 3.05) is 6.54 Å². The summed E-state index contributed by atoms with van der Waals surface area (Å²) in [6, 6.07) is 5.95. The molecule has 0 aliphatic rings. The van der Waals surface area contributed by atoms with Gasteiger partial charge in [0, 0.05) is 11.4 Å². The number of carbonyl (C=O) groups is 2. The molecule has 0 unspecified atom stereocenters. The van der Waals surface area contributed by atoms with Crippen molar-refractivity contribution < 1.29 is 23.5 Å². The number of rotatable bonds is 6. The third kappa shape index (κ3) is 4.70. The highest BCUT2D eigenvalue weighted by Gasteiger charge is 2.14. The first-order valence-electron chi connectivity index (χ1n) is 5.04. The maximum atomic E-state index is 12.3. The molecule has 1 rings (SSSR count). The molecule has 7 heteroatoms. The van der Waals surface area contributed by atoms with Gasteiger partial charge < -0.3 is 10.4 Å². The largest absolute Gasteiger partial charge is 0.481 e. The van der Waals surface area contributed by atoms with Crippen molar-refractivity contribution in [3.63, 3.8) is 0 Å². The Morgan fingerprint density at radius 2 is 2.00 bits per heavy atom. The van der Waals surface area contributed by atoms with Crippen molar-refractivity contribution in [1.29, 1.82) is 0 Å². The molecule has 0 saturated heterocycles. The van der Waals surface area contributed by atoms with Crippen LogP contribution in [-0.2, 0) is 4.79 Å². The van der Waals surface area contributed by atoms with E-state index in [-0.39, 0.29) is 35.2 Å². The fourth-order valence-corrected chi connectivity index (χ4v) is 1.87. The van der Waals surface area contributed by atoms with Crippen LogP contribution >= 0.6 is 11.8 Å². The highest BCUT2D eigenvalue weighted by molar-refractivity contribution is 7.99. The van der Waals surface area contributed by atoms with Crippen LogP contribution in [-0.4, -0.2) is 29.3 Å². The molecule has 0 atom stereocenters. The Hall–Kier alpha value is -1.63. The number of nitrogens with one attached hydrogen (secondary N) is 1. The van der Waals surface area contributed by atoms with E-state index in [4.69, 9.17) is 5.11 Å². The number of aliphatic carboxylic acids is 1. The van der Waals surface area contributed by atoms with Crippen LogP contribution in [0.2, 0.25) is 0 Å². The molecule has 0 fully saturated rings. The van der Waals surface area contributed by atoms with Crippen LogP contribution in [0.15, 0.2) is 29.2 Å². The van der Waals surface area contributed by atoms with Gasteiger partial charge in [-0.15, -0.1) is 0 Å². The van der Waals surface area contributed by atoms with Crippen molar-refractivity contribution >= 4 is 23.6 Å². The average Bonchev–Trinajstić information content (AvgIpc) is 2.28. The Morgan fingerprint density at radius 3 is 2.61 bits per heavy atom. The van der Waals surface area contributed by atoms with Gasteiger partial charge in [0.1, 0.15) is 0 Å². The van der Waals surface area contributed by atoms with Crippen LogP contribution in [0.4, 0.5) is 8.78 Å². The van der Waals surface area contributed by atoms with Crippen LogP contribution in [0, 0.1) is 0 Å². The van der Waals surface area contributed by atoms with Crippen molar-refractivity contribution in [1.82, 2.24) is 5.32 Å². The second-order valence-electron chi connectivity index (χ2n) is 3.27. The normalized spacial score (nSPS) is 10.4. The monoisotopic (exact) mass is 275 g/mol. The van der Waals surface area contributed by atoms with Crippen LogP contribution in [0.1, 0.15) is 16.8 Å². The maximum Gasteiger partial charge on any atom is 0.305 e. The topological polar surface area (TPSA) is 66.4 Å². The first-order valence-corrected chi connectivity index (χ1v) is 5.92. The molecule has 2 N–H and O–H groups in total. The van der Waals surface area contributed by atoms with Crippen LogP contribution in [0.5, 0.6) is 0 Å². The summed E-state index contributed by atoms with van der Waals surface area (Å²) in [4.78, 5) is 22.1. The Kier molecular flexibility index (Phi) is 5.57. The van der Waals surface area contributed by atoms with E-state index >= 15 is 0 Å². The lowest BCUT2D eigenvalue weighted by Crippen LogP contribution is -2.26. The average molecular weight is 275 g/mol. The molecule has 0 aromatic heterocycles. The highest BCUT2D eigenvalue weighted by atomic mass is 32.2. The summed E-state index contributed by atoms with van der Waals surface area (Å²) in [7, 11) is 0. The first kappa shape index (κ1) is 14.4. The fourth-order valence-electron chi connectivity index (χ4n) is 1.23. The number of benzene rings is 1. The quantitative estimate of drug-likeness (QED) is 0.781. The van der Waals surface area contributed by atoms with E-state index in [2.05, 4.69) is 5.32 Å². The lowest BCUT2D eigenvalue weighted by molar-refractivity contribution is -0.136. The first-order chi connectivity index (χ1) is 8.50. The zero-order chi connectivity index (χ0) is 13.5. The number of amides is 1. The number of alkyl halides is 2. The van der Waals surface area contributed by atoms with Gasteiger partial charge >= 0.3 is 5.97 Å². The van der Waals surface area contributed by atoms with Crippen molar-refractivity contribution in [3.05, 3.63) is 29.8 Å². The molecule has 18 heavy (non-hydrogen) atoms. The molecule has 0 aliphatic heterocycles. The van der Waals surface area contributed by atoms with Gasteiger partial charge in [0.15, 0.2) is 0 Å². The molecular weight excluding hydrogens is 264 g/mol. The molecule has 1 amide bonds. The SMILES string of the molecule is O=C(O)CCNC(=O)c1ccccc1SC(F)F. The van der Waals surface area contributed by atoms with Crippen molar-refractivity contribution in [3.8, 4) is 0 Å². The summed E-state index contributed by atoms with van der Waals surface area (Å²) in [5.74, 6) is -4.21. The van der Waals surface area contributed by atoms with Crippen LogP contribution in [0.3, 0.4) is 0 Å². The van der Waals surface area contributed by atoms with Crippen molar-refractivity contribution in [2.24, 2.45) is 0 Å². The fraction of sp³-hybridized carbons (Fsp3) is 0.273. The summed E-state index contributed by atoms with van der Waals surface area (Å²) in [6.07, 6.45) is -0.212. The number of carboxylic acid groups (broad SMARTS) is 1. The molecule has 0 radical (unpaired) electrons. The van der Waals surface area contributed by atoms with E-state index in [1.54, 1.807) is 12.1 Å². The van der Waals surface area contributed by atoms with E-state index in [1.165, 1.54) is 12.1 Å². The van der Waals surface area contributed by atoms with E-state index < -0.39 is 17.6 Å². The minimum atomic E-state index is -2.61. The zero-order valence-electron chi connectivity index (χ0n) is 9.23. The predicted molar refractivity (Wildman–Crippen MR) is 62.9 cm³/mol. The number of hydrogen-bond acceptors (Lipinski definition) is 3. The van der Waals surface area contributed by atoms with Gasteiger partial charge in [0.05, 0.1) is 12.0 Å². The number of carboxylic acids is 1. The summed E-state index contributed by atoms with van der Waals surface area (Å²) >= 11 is 0.283. The number of hydrogen-bond donors (Lipinski definition) is 2. The predicted octanol–water partition coefficient (Wildman–Crippen LogP) is 2.21. The standard InChI is InChI=1S/C11H11F2NO3S/c12-11(13)18-8-4-2-1-3-7(8)10(17)14-6-5-9(15)16/h1-4,11H,5-6H2,(H,14,17)(H,15,16). The van der Waals surface area contributed by atoms with Gasteiger partial charge in [-0.05, 0) is 12.1 Å². The Morgan fingerprint density at radius 1 is 1.33 bits per heavy atom. The summed E-state index contributed by atoms with van der Waals surface area (Å²) in [5.41, 5.74) is 0.119. The second kappa shape index (κ2) is 6.95. The van der Waals surface area contributed by atoms with Crippen LogP contribution < -0.4 is 5.32 Å².